The van der Waals surface area contributed by atoms with Gasteiger partial charge < -0.3 is 15.0 Å². The molecule has 7 heteroatoms. The number of carbonyl (C=O) groups excluding carboxylic acids is 3. The van der Waals surface area contributed by atoms with Crippen LogP contribution in [0, 0.1) is 0 Å². The van der Waals surface area contributed by atoms with Crippen LogP contribution in [0.15, 0.2) is 54.1 Å². The molecule has 0 heterocycles. The van der Waals surface area contributed by atoms with Gasteiger partial charge in [-0.3, -0.25) is 4.79 Å². The summed E-state index contributed by atoms with van der Waals surface area (Å²) in [6.07, 6.45) is 1.40. The third-order valence-corrected chi connectivity index (χ3v) is 3.79. The van der Waals surface area contributed by atoms with E-state index in [2.05, 4.69) is 9.53 Å². The lowest BCUT2D eigenvalue weighted by molar-refractivity contribution is -0.129. The van der Waals surface area contributed by atoms with Gasteiger partial charge in [0.05, 0.1) is 7.11 Å². The van der Waals surface area contributed by atoms with E-state index >= 15 is 0 Å². The first-order valence-corrected chi connectivity index (χ1v) is 7.54. The zero-order chi connectivity index (χ0) is 18.7. The number of carbonyl (C=O) groups is 3. The van der Waals surface area contributed by atoms with Crippen molar-refractivity contribution in [2.24, 2.45) is 0 Å². The number of ether oxygens (including phenoxy) is 2. The maximum absolute atomic E-state index is 12.6. The first kappa shape index (κ1) is 17.0. The van der Waals surface area contributed by atoms with E-state index in [1.807, 2.05) is 0 Å². The van der Waals surface area contributed by atoms with E-state index in [0.29, 0.717) is 11.1 Å². The number of hydrogen-bond donors (Lipinski definition) is 0. The van der Waals surface area contributed by atoms with E-state index in [0.717, 1.165) is 0 Å². The van der Waals surface area contributed by atoms with Crippen molar-refractivity contribution in [3.05, 3.63) is 76.3 Å². The Balaban J connectivity index is 2.01. The van der Waals surface area contributed by atoms with E-state index in [9.17, 15) is 19.9 Å². The van der Waals surface area contributed by atoms with E-state index in [1.165, 1.54) is 25.3 Å². The van der Waals surface area contributed by atoms with Gasteiger partial charge in [0, 0.05) is 5.56 Å². The van der Waals surface area contributed by atoms with Gasteiger partial charge in [-0.15, -0.1) is 0 Å². The molecule has 1 aliphatic carbocycles. The molecular weight excluding hydrogens is 336 g/mol. The molecular formula is C19H12N2O5. The number of esters is 2. The predicted molar refractivity (Wildman–Crippen MR) is 90.8 cm³/mol. The van der Waals surface area contributed by atoms with Gasteiger partial charge in [0.2, 0.25) is 0 Å². The van der Waals surface area contributed by atoms with Crippen molar-refractivity contribution in [2.75, 3.05) is 7.11 Å². The average Bonchev–Trinajstić information content (AvgIpc) is 2.67. The van der Waals surface area contributed by atoms with Crippen molar-refractivity contribution < 1.29 is 28.6 Å². The third-order valence-electron chi connectivity index (χ3n) is 3.79. The molecule has 0 N–H and O–H groups in total. The van der Waals surface area contributed by atoms with Crippen LogP contribution in [0.5, 0.6) is 5.75 Å². The third kappa shape index (κ3) is 2.94. The molecule has 2 aromatic rings. The molecule has 0 saturated heterocycles. The molecule has 3 rings (SSSR count). The maximum Gasteiger partial charge on any atom is 0.377 e. The lowest BCUT2D eigenvalue weighted by Gasteiger charge is -2.12. The first-order chi connectivity index (χ1) is 12.6. The van der Waals surface area contributed by atoms with Crippen molar-refractivity contribution >= 4 is 29.5 Å². The van der Waals surface area contributed by atoms with E-state index in [-0.39, 0.29) is 16.9 Å². The molecule has 0 unspecified atom stereocenters. The van der Waals surface area contributed by atoms with Crippen LogP contribution in [0.2, 0.25) is 0 Å². The molecule has 0 fully saturated rings. The molecule has 2 aromatic carbocycles. The monoisotopic (exact) mass is 348 g/mol. The van der Waals surface area contributed by atoms with Gasteiger partial charge in [-0.1, -0.05) is 36.4 Å². The zero-order valence-corrected chi connectivity index (χ0v) is 13.6. The number of rotatable bonds is 3. The highest BCUT2D eigenvalue weighted by Crippen LogP contribution is 2.25. The van der Waals surface area contributed by atoms with Crippen molar-refractivity contribution in [1.29, 1.82) is 0 Å². The molecule has 0 atom stereocenters. The molecule has 128 valence electrons. The largest absolute Gasteiger partial charge is 0.465 e. The SMILES string of the molecule is COC(=O)c1ccccc1OC(=O)C1=Cc2ccccc2C(=O)C1=[N+]=[N-]. The standard InChI is InChI=1S/C19H12N2O5/c1-25-18(23)13-8-4-5-9-15(13)26-19(24)14-10-11-6-2-3-7-12(11)17(22)16(14)21-20/h2-10H,1H3. The molecule has 0 saturated carbocycles. The topological polar surface area (TPSA) is 106 Å². The second-order valence-electron chi connectivity index (χ2n) is 5.30. The number of Topliss-reactive ketones (excluding diaryl/α,β-unsaturated/α-hetero) is 1. The number of ketones is 1. The van der Waals surface area contributed by atoms with Gasteiger partial charge in [0.15, 0.2) is 5.57 Å². The fourth-order valence-electron chi connectivity index (χ4n) is 2.55. The second-order valence-corrected chi connectivity index (χ2v) is 5.30. The summed E-state index contributed by atoms with van der Waals surface area (Å²) in [6, 6.07) is 12.6. The van der Waals surface area contributed by atoms with Crippen LogP contribution in [-0.4, -0.2) is 35.3 Å². The molecule has 0 aromatic heterocycles. The van der Waals surface area contributed by atoms with Crippen molar-refractivity contribution in [1.82, 2.24) is 0 Å². The maximum atomic E-state index is 12.6. The van der Waals surface area contributed by atoms with Gasteiger partial charge >= 0.3 is 17.7 Å². The molecule has 1 aliphatic rings. The first-order valence-electron chi connectivity index (χ1n) is 7.54. The second kappa shape index (κ2) is 6.96. The van der Waals surface area contributed by atoms with Crippen molar-refractivity contribution in [2.45, 2.75) is 0 Å². The van der Waals surface area contributed by atoms with Crippen LogP contribution in [0.25, 0.3) is 11.6 Å². The van der Waals surface area contributed by atoms with Gasteiger partial charge in [-0.2, -0.15) is 4.79 Å². The molecule has 7 nitrogen and oxygen atoms in total. The minimum atomic E-state index is -0.933. The summed E-state index contributed by atoms with van der Waals surface area (Å²) in [5.74, 6) is -2.24. The zero-order valence-electron chi connectivity index (χ0n) is 13.6. The van der Waals surface area contributed by atoms with Gasteiger partial charge in [0.25, 0.3) is 5.78 Å². The Kier molecular flexibility index (Phi) is 4.55. The van der Waals surface area contributed by atoms with Crippen LogP contribution in [0.3, 0.4) is 0 Å². The summed E-state index contributed by atoms with van der Waals surface area (Å²) in [5.41, 5.74) is 9.42. The Bertz CT molecular complexity index is 1020. The Morgan fingerprint density at radius 3 is 2.42 bits per heavy atom. The normalized spacial score (nSPS) is 12.6. The molecule has 0 bridgehead atoms. The molecule has 0 amide bonds. The number of hydrogen-bond acceptors (Lipinski definition) is 5. The van der Waals surface area contributed by atoms with Gasteiger partial charge in [0.1, 0.15) is 11.3 Å². The Labute approximate surface area is 148 Å². The Hall–Kier alpha value is -3.83. The smallest absolute Gasteiger partial charge is 0.377 e. The van der Waals surface area contributed by atoms with E-state index in [1.54, 1.807) is 36.4 Å². The highest BCUT2D eigenvalue weighted by Gasteiger charge is 2.37. The molecule has 0 aliphatic heterocycles. The minimum absolute atomic E-state index is 0.0335. The Morgan fingerprint density at radius 1 is 1.00 bits per heavy atom. The fraction of sp³-hybridized carbons (Fsp3) is 0.0526. The van der Waals surface area contributed by atoms with Gasteiger partial charge in [-0.25, -0.2) is 9.59 Å². The summed E-state index contributed by atoms with van der Waals surface area (Å²) < 4.78 is 9.90. The van der Waals surface area contributed by atoms with Crippen LogP contribution in [0.1, 0.15) is 26.3 Å². The van der Waals surface area contributed by atoms with Gasteiger partial charge in [-0.05, 0) is 23.8 Å². The number of para-hydroxylation sites is 1. The summed E-state index contributed by atoms with van der Waals surface area (Å²) in [6.45, 7) is 0. The number of benzene rings is 2. The van der Waals surface area contributed by atoms with Crippen molar-refractivity contribution in [3.63, 3.8) is 0 Å². The van der Waals surface area contributed by atoms with Crippen LogP contribution in [-0.2, 0) is 9.53 Å². The number of nitrogens with zero attached hydrogens (tertiary/aromatic N) is 2. The highest BCUT2D eigenvalue weighted by molar-refractivity contribution is 6.56. The Morgan fingerprint density at radius 2 is 1.69 bits per heavy atom. The predicted octanol–water partition coefficient (Wildman–Crippen LogP) is 2.33. The summed E-state index contributed by atoms with van der Waals surface area (Å²) in [4.78, 5) is 39.7. The lowest BCUT2D eigenvalue weighted by Crippen LogP contribution is -2.29. The lowest BCUT2D eigenvalue weighted by atomic mass is 9.89. The average molecular weight is 348 g/mol. The fourth-order valence-corrected chi connectivity index (χ4v) is 2.55. The summed E-state index contributed by atoms with van der Waals surface area (Å²) >= 11 is 0. The van der Waals surface area contributed by atoms with Crippen LogP contribution >= 0.6 is 0 Å². The summed E-state index contributed by atoms with van der Waals surface area (Å²) in [7, 11) is 1.21. The highest BCUT2D eigenvalue weighted by atomic mass is 16.5. The van der Waals surface area contributed by atoms with E-state index in [4.69, 9.17) is 4.74 Å². The van der Waals surface area contributed by atoms with Crippen LogP contribution < -0.4 is 4.74 Å². The van der Waals surface area contributed by atoms with Crippen LogP contribution in [0.4, 0.5) is 0 Å². The summed E-state index contributed by atoms with van der Waals surface area (Å²) in [5, 5.41) is 0. The molecule has 0 spiro atoms. The quantitative estimate of drug-likeness (QED) is 0.366. The molecule has 0 radical (unpaired) electrons. The van der Waals surface area contributed by atoms with Crippen molar-refractivity contribution in [3.8, 4) is 5.75 Å². The number of fused-ring (bicyclic) bond motifs is 1. The number of methoxy groups -OCH3 is 1. The minimum Gasteiger partial charge on any atom is -0.465 e. The molecule has 26 heavy (non-hydrogen) atoms. The van der Waals surface area contributed by atoms with E-state index < -0.39 is 23.4 Å².